The summed E-state index contributed by atoms with van der Waals surface area (Å²) in [6, 6.07) is 5.55. The Morgan fingerprint density at radius 3 is 2.67 bits per heavy atom. The van der Waals surface area contributed by atoms with Crippen molar-refractivity contribution in [3.05, 3.63) is 29.8 Å². The minimum Gasteiger partial charge on any atom is -0.255 e. The summed E-state index contributed by atoms with van der Waals surface area (Å²) < 4.78 is 0.207. The van der Waals surface area contributed by atoms with E-state index in [0.717, 1.165) is 11.4 Å². The Morgan fingerprint density at radius 1 is 1.28 bits per heavy atom. The molecule has 94 valence electrons. The number of aromatic nitrogens is 2. The van der Waals surface area contributed by atoms with Crippen LogP contribution in [0.1, 0.15) is 0 Å². The molecule has 0 saturated carbocycles. The monoisotopic (exact) mass is 263 g/mol. The fourth-order valence-corrected chi connectivity index (χ4v) is 1.92. The smallest absolute Gasteiger partial charge is 0.255 e. The zero-order chi connectivity index (χ0) is 13.2. The second kappa shape index (κ2) is 4.83. The van der Waals surface area contributed by atoms with E-state index in [1.54, 1.807) is 6.20 Å². The van der Waals surface area contributed by atoms with Crippen molar-refractivity contribution >= 4 is 22.5 Å². The average molecular weight is 263 g/mol. The van der Waals surface area contributed by atoms with Gasteiger partial charge in [-0.05, 0) is 12.1 Å². The van der Waals surface area contributed by atoms with E-state index in [1.807, 2.05) is 44.7 Å². The molecular formula is C12H15N4OS+. The molecule has 2 amide bonds. The van der Waals surface area contributed by atoms with Crippen molar-refractivity contribution in [2.75, 3.05) is 26.5 Å². The second-order valence-corrected chi connectivity index (χ2v) is 5.55. The number of rotatable bonds is 2. The van der Waals surface area contributed by atoms with Crippen molar-refractivity contribution in [2.45, 2.75) is 0 Å². The molecule has 0 atom stereocenters. The van der Waals surface area contributed by atoms with Gasteiger partial charge in [0.25, 0.3) is 0 Å². The van der Waals surface area contributed by atoms with Crippen molar-refractivity contribution in [1.82, 2.24) is 9.97 Å². The minimum absolute atomic E-state index is 0.100. The summed E-state index contributed by atoms with van der Waals surface area (Å²) in [5, 5.41) is 5.26. The topological polar surface area (TPSA) is 54.9 Å². The van der Waals surface area contributed by atoms with Gasteiger partial charge in [0.1, 0.15) is 5.69 Å². The van der Waals surface area contributed by atoms with Gasteiger partial charge in [0.15, 0.2) is 5.13 Å². The summed E-state index contributed by atoms with van der Waals surface area (Å²) in [6.07, 6.45) is 1.72. The van der Waals surface area contributed by atoms with Gasteiger partial charge in [-0.15, -0.1) is 11.3 Å². The molecule has 18 heavy (non-hydrogen) atoms. The second-order valence-electron chi connectivity index (χ2n) is 4.70. The quantitative estimate of drug-likeness (QED) is 0.847. The highest BCUT2D eigenvalue weighted by Gasteiger charge is 2.21. The van der Waals surface area contributed by atoms with E-state index >= 15 is 0 Å². The number of carbonyl (C=O) groups is 1. The van der Waals surface area contributed by atoms with Gasteiger partial charge in [0.2, 0.25) is 0 Å². The number of nitrogens with one attached hydrogen (secondary N) is 1. The number of anilines is 1. The summed E-state index contributed by atoms with van der Waals surface area (Å²) in [7, 11) is 5.42. The van der Waals surface area contributed by atoms with E-state index in [2.05, 4.69) is 15.3 Å². The molecule has 2 heterocycles. The van der Waals surface area contributed by atoms with Crippen LogP contribution in [-0.4, -0.2) is 41.6 Å². The normalized spacial score (nSPS) is 11.3. The SMILES string of the molecule is C[N+](C)(C)C(=O)Nc1nc(-c2ccccn2)cs1. The van der Waals surface area contributed by atoms with Crippen LogP contribution in [0.2, 0.25) is 0 Å². The third-order valence-corrected chi connectivity index (χ3v) is 3.01. The first kappa shape index (κ1) is 12.7. The van der Waals surface area contributed by atoms with Gasteiger partial charge in [-0.2, -0.15) is 0 Å². The predicted molar refractivity (Wildman–Crippen MR) is 72.4 cm³/mol. The maximum Gasteiger partial charge on any atom is 0.422 e. The lowest BCUT2D eigenvalue weighted by molar-refractivity contribution is -0.784. The predicted octanol–water partition coefficient (Wildman–Crippen LogP) is 2.44. The van der Waals surface area contributed by atoms with E-state index in [1.165, 1.54) is 11.3 Å². The molecule has 6 heteroatoms. The van der Waals surface area contributed by atoms with Crippen LogP contribution in [0.5, 0.6) is 0 Å². The van der Waals surface area contributed by atoms with E-state index in [0.29, 0.717) is 5.13 Å². The Labute approximate surface area is 110 Å². The first-order chi connectivity index (χ1) is 8.47. The van der Waals surface area contributed by atoms with Crippen molar-refractivity contribution in [2.24, 2.45) is 0 Å². The molecule has 0 aliphatic heterocycles. The molecule has 0 radical (unpaired) electrons. The fourth-order valence-electron chi connectivity index (χ4n) is 1.22. The molecule has 1 N–H and O–H groups in total. The molecule has 0 unspecified atom stereocenters. The first-order valence-corrected chi connectivity index (χ1v) is 6.35. The Morgan fingerprint density at radius 2 is 2.06 bits per heavy atom. The summed E-state index contributed by atoms with van der Waals surface area (Å²) in [5.41, 5.74) is 1.58. The van der Waals surface area contributed by atoms with E-state index < -0.39 is 0 Å². The number of hydrogen-bond donors (Lipinski definition) is 1. The maximum absolute atomic E-state index is 11.8. The van der Waals surface area contributed by atoms with Crippen LogP contribution in [0, 0.1) is 0 Å². The fraction of sp³-hybridized carbons (Fsp3) is 0.250. The molecule has 0 spiro atoms. The van der Waals surface area contributed by atoms with E-state index in [4.69, 9.17) is 0 Å². The van der Waals surface area contributed by atoms with Crippen LogP contribution in [0.25, 0.3) is 11.4 Å². The molecule has 2 aromatic rings. The molecule has 0 aliphatic rings. The minimum atomic E-state index is -0.100. The van der Waals surface area contributed by atoms with Gasteiger partial charge in [-0.25, -0.2) is 14.3 Å². The zero-order valence-electron chi connectivity index (χ0n) is 10.5. The largest absolute Gasteiger partial charge is 0.422 e. The number of quaternary nitrogens is 1. The number of amides is 2. The lowest BCUT2D eigenvalue weighted by Crippen LogP contribution is -2.44. The number of urea groups is 1. The molecule has 5 nitrogen and oxygen atoms in total. The molecule has 0 fully saturated rings. The zero-order valence-corrected chi connectivity index (χ0v) is 11.4. The molecule has 0 saturated heterocycles. The molecule has 0 aliphatic carbocycles. The molecule has 2 rings (SSSR count). The molecular weight excluding hydrogens is 248 g/mol. The number of hydrogen-bond acceptors (Lipinski definition) is 4. The summed E-state index contributed by atoms with van der Waals surface area (Å²) in [4.78, 5) is 20.4. The lowest BCUT2D eigenvalue weighted by atomic mass is 10.3. The van der Waals surface area contributed by atoms with Crippen LogP contribution >= 0.6 is 11.3 Å². The summed E-state index contributed by atoms with van der Waals surface area (Å²) in [5.74, 6) is 0. The van der Waals surface area contributed by atoms with Crippen LogP contribution in [-0.2, 0) is 0 Å². The molecule has 2 aromatic heterocycles. The number of carbonyl (C=O) groups excluding carboxylic acids is 1. The van der Waals surface area contributed by atoms with Gasteiger partial charge >= 0.3 is 6.03 Å². The Hall–Kier alpha value is -1.79. The highest BCUT2D eigenvalue weighted by Crippen LogP contribution is 2.23. The number of pyridine rings is 1. The number of nitrogens with zero attached hydrogens (tertiary/aromatic N) is 3. The van der Waals surface area contributed by atoms with Crippen LogP contribution < -0.4 is 5.32 Å². The molecule has 0 aromatic carbocycles. The Kier molecular flexibility index (Phi) is 3.40. The van der Waals surface area contributed by atoms with Crippen LogP contribution in [0.4, 0.5) is 9.93 Å². The van der Waals surface area contributed by atoms with Crippen molar-refractivity contribution in [3.8, 4) is 11.4 Å². The van der Waals surface area contributed by atoms with E-state index in [-0.39, 0.29) is 10.5 Å². The Balaban J connectivity index is 2.15. The maximum atomic E-state index is 11.8. The van der Waals surface area contributed by atoms with Gasteiger partial charge in [-0.1, -0.05) is 6.07 Å². The van der Waals surface area contributed by atoms with Gasteiger partial charge < -0.3 is 0 Å². The van der Waals surface area contributed by atoms with Crippen molar-refractivity contribution in [3.63, 3.8) is 0 Å². The van der Waals surface area contributed by atoms with Gasteiger partial charge in [0.05, 0.1) is 26.8 Å². The standard InChI is InChI=1S/C12H14N4OS/c1-16(2,3)12(17)15-11-14-10(8-18-11)9-6-4-5-7-13-9/h4-8H,1-3H3/p+1. The van der Waals surface area contributed by atoms with Gasteiger partial charge in [0, 0.05) is 11.6 Å². The lowest BCUT2D eigenvalue weighted by Gasteiger charge is -2.19. The molecule has 0 bridgehead atoms. The summed E-state index contributed by atoms with van der Waals surface area (Å²) in [6.45, 7) is 0. The highest BCUT2D eigenvalue weighted by atomic mass is 32.1. The van der Waals surface area contributed by atoms with Gasteiger partial charge in [-0.3, -0.25) is 10.3 Å². The third-order valence-electron chi connectivity index (χ3n) is 2.25. The highest BCUT2D eigenvalue weighted by molar-refractivity contribution is 7.14. The van der Waals surface area contributed by atoms with Crippen LogP contribution in [0.15, 0.2) is 29.8 Å². The van der Waals surface area contributed by atoms with Crippen molar-refractivity contribution < 1.29 is 9.28 Å². The average Bonchev–Trinajstić information content (AvgIpc) is 2.77. The summed E-state index contributed by atoms with van der Waals surface area (Å²) >= 11 is 1.40. The first-order valence-electron chi connectivity index (χ1n) is 5.47. The third kappa shape index (κ3) is 2.91. The Bertz CT molecular complexity index is 545. The van der Waals surface area contributed by atoms with Crippen molar-refractivity contribution in [1.29, 1.82) is 0 Å². The number of thiazole rings is 1. The van der Waals surface area contributed by atoms with Crippen LogP contribution in [0.3, 0.4) is 0 Å². The van der Waals surface area contributed by atoms with E-state index in [9.17, 15) is 4.79 Å².